The van der Waals surface area contributed by atoms with E-state index in [0.717, 1.165) is 23.1 Å². The third-order valence-corrected chi connectivity index (χ3v) is 4.39. The van der Waals surface area contributed by atoms with Gasteiger partial charge < -0.3 is 9.88 Å². The summed E-state index contributed by atoms with van der Waals surface area (Å²) in [6.07, 6.45) is 0. The molecular weight excluding hydrogens is 332 g/mol. The van der Waals surface area contributed by atoms with Gasteiger partial charge in [0.25, 0.3) is 0 Å². The lowest BCUT2D eigenvalue weighted by atomic mass is 10.2. The monoisotopic (exact) mass is 352 g/mol. The van der Waals surface area contributed by atoms with Crippen LogP contribution in [0.15, 0.2) is 29.4 Å². The van der Waals surface area contributed by atoms with Gasteiger partial charge in [-0.3, -0.25) is 4.79 Å². The molecule has 7 heteroatoms. The molecule has 2 aromatic rings. The lowest BCUT2D eigenvalue weighted by Crippen LogP contribution is -2.28. The molecule has 0 bridgehead atoms. The van der Waals surface area contributed by atoms with Gasteiger partial charge in [0.15, 0.2) is 11.0 Å². The Morgan fingerprint density at radius 2 is 2.00 bits per heavy atom. The van der Waals surface area contributed by atoms with Gasteiger partial charge in [0.1, 0.15) is 0 Å². The number of halogens is 1. The Morgan fingerprint density at radius 3 is 2.61 bits per heavy atom. The zero-order chi connectivity index (χ0) is 16.8. The van der Waals surface area contributed by atoms with Crippen molar-refractivity contribution in [1.29, 1.82) is 0 Å². The maximum absolute atomic E-state index is 11.8. The molecule has 2 rings (SSSR count). The number of carbonyl (C=O) groups excluding carboxylic acids is 1. The molecule has 1 N–H and O–H groups in total. The first-order valence-electron chi connectivity index (χ1n) is 7.60. The summed E-state index contributed by atoms with van der Waals surface area (Å²) in [5.74, 6) is 1.59. The fourth-order valence-electron chi connectivity index (χ4n) is 1.99. The topological polar surface area (TPSA) is 59.8 Å². The van der Waals surface area contributed by atoms with Crippen LogP contribution in [0.3, 0.4) is 0 Å². The van der Waals surface area contributed by atoms with Crippen LogP contribution in [0.25, 0.3) is 11.4 Å². The fraction of sp³-hybridized carbons (Fsp3) is 0.438. The Balaban J connectivity index is 2.06. The summed E-state index contributed by atoms with van der Waals surface area (Å²) in [6.45, 7) is 7.60. The highest BCUT2D eigenvalue weighted by Gasteiger charge is 2.14. The maximum atomic E-state index is 11.8. The summed E-state index contributed by atoms with van der Waals surface area (Å²) in [5.41, 5.74) is 0.958. The zero-order valence-electron chi connectivity index (χ0n) is 13.5. The third kappa shape index (κ3) is 4.97. The second kappa shape index (κ2) is 8.36. The van der Waals surface area contributed by atoms with Crippen LogP contribution in [0.5, 0.6) is 0 Å². The predicted molar refractivity (Wildman–Crippen MR) is 94.7 cm³/mol. The molecule has 0 aliphatic rings. The van der Waals surface area contributed by atoms with Crippen molar-refractivity contribution in [3.8, 4) is 11.4 Å². The first-order chi connectivity index (χ1) is 11.0. The molecular formula is C16H21ClN4OS. The Hall–Kier alpha value is -1.53. The van der Waals surface area contributed by atoms with E-state index in [1.165, 1.54) is 11.8 Å². The van der Waals surface area contributed by atoms with Crippen LogP contribution in [-0.2, 0) is 11.3 Å². The summed E-state index contributed by atoms with van der Waals surface area (Å²) in [7, 11) is 0. The molecule has 0 fully saturated rings. The van der Waals surface area contributed by atoms with Gasteiger partial charge in [-0.25, -0.2) is 0 Å². The van der Waals surface area contributed by atoms with Crippen molar-refractivity contribution in [3.05, 3.63) is 29.3 Å². The number of thioether (sulfide) groups is 1. The number of carbonyl (C=O) groups is 1. The van der Waals surface area contributed by atoms with Crippen LogP contribution in [0, 0.1) is 5.92 Å². The molecule has 0 saturated heterocycles. The van der Waals surface area contributed by atoms with Crippen LogP contribution < -0.4 is 5.32 Å². The molecule has 0 atom stereocenters. The summed E-state index contributed by atoms with van der Waals surface area (Å²) in [4.78, 5) is 11.8. The van der Waals surface area contributed by atoms with Crippen molar-refractivity contribution in [1.82, 2.24) is 20.1 Å². The van der Waals surface area contributed by atoms with Crippen LogP contribution in [-0.4, -0.2) is 33.0 Å². The van der Waals surface area contributed by atoms with Crippen LogP contribution in [0.2, 0.25) is 5.02 Å². The molecule has 1 heterocycles. The predicted octanol–water partition coefficient (Wildman–Crippen LogP) is 3.48. The minimum Gasteiger partial charge on any atom is -0.355 e. The summed E-state index contributed by atoms with van der Waals surface area (Å²) >= 11 is 7.32. The highest BCUT2D eigenvalue weighted by atomic mass is 35.5. The molecule has 1 aromatic heterocycles. The summed E-state index contributed by atoms with van der Waals surface area (Å²) in [5, 5.41) is 12.8. The van der Waals surface area contributed by atoms with Crippen molar-refractivity contribution in [2.24, 2.45) is 5.92 Å². The molecule has 1 aromatic carbocycles. The molecule has 0 spiro atoms. The van der Waals surface area contributed by atoms with Gasteiger partial charge in [-0.2, -0.15) is 0 Å². The van der Waals surface area contributed by atoms with Crippen molar-refractivity contribution >= 4 is 29.3 Å². The van der Waals surface area contributed by atoms with E-state index in [1.807, 2.05) is 35.8 Å². The first-order valence-corrected chi connectivity index (χ1v) is 8.96. The Bertz CT molecular complexity index is 655. The zero-order valence-corrected chi connectivity index (χ0v) is 15.1. The Labute approximate surface area is 145 Å². The van der Waals surface area contributed by atoms with Crippen LogP contribution >= 0.6 is 23.4 Å². The van der Waals surface area contributed by atoms with Gasteiger partial charge in [-0.1, -0.05) is 37.2 Å². The van der Waals surface area contributed by atoms with Gasteiger partial charge in [0.2, 0.25) is 5.91 Å². The molecule has 23 heavy (non-hydrogen) atoms. The number of amides is 1. The molecule has 5 nitrogen and oxygen atoms in total. The molecule has 0 unspecified atom stereocenters. The Kier molecular flexibility index (Phi) is 6.47. The number of hydrogen-bond acceptors (Lipinski definition) is 4. The number of benzene rings is 1. The van der Waals surface area contributed by atoms with E-state index in [1.54, 1.807) is 0 Å². The van der Waals surface area contributed by atoms with E-state index >= 15 is 0 Å². The highest BCUT2D eigenvalue weighted by molar-refractivity contribution is 7.99. The third-order valence-electron chi connectivity index (χ3n) is 3.18. The van der Waals surface area contributed by atoms with Crippen molar-refractivity contribution < 1.29 is 4.79 Å². The average molecular weight is 353 g/mol. The van der Waals surface area contributed by atoms with Crippen LogP contribution in [0.1, 0.15) is 20.8 Å². The first kappa shape index (κ1) is 17.8. The summed E-state index contributed by atoms with van der Waals surface area (Å²) < 4.78 is 2.00. The summed E-state index contributed by atoms with van der Waals surface area (Å²) in [6, 6.07) is 7.50. The number of rotatable bonds is 7. The second-order valence-electron chi connectivity index (χ2n) is 5.54. The van der Waals surface area contributed by atoms with Crippen molar-refractivity contribution in [2.45, 2.75) is 32.5 Å². The molecule has 0 saturated carbocycles. The van der Waals surface area contributed by atoms with E-state index in [2.05, 4.69) is 29.4 Å². The quantitative estimate of drug-likeness (QED) is 0.775. The smallest absolute Gasteiger partial charge is 0.230 e. The number of aromatic nitrogens is 3. The second-order valence-corrected chi connectivity index (χ2v) is 6.92. The minimum absolute atomic E-state index is 0.0161. The average Bonchev–Trinajstić information content (AvgIpc) is 2.94. The Morgan fingerprint density at radius 1 is 1.30 bits per heavy atom. The molecule has 124 valence electrons. The van der Waals surface area contributed by atoms with E-state index < -0.39 is 0 Å². The van der Waals surface area contributed by atoms with Gasteiger partial charge in [-0.05, 0) is 37.1 Å². The number of hydrogen-bond donors (Lipinski definition) is 1. The fourth-order valence-corrected chi connectivity index (χ4v) is 2.95. The lowest BCUT2D eigenvalue weighted by molar-refractivity contribution is -0.118. The van der Waals surface area contributed by atoms with Gasteiger partial charge in [0, 0.05) is 23.7 Å². The van der Waals surface area contributed by atoms with Crippen LogP contribution in [0.4, 0.5) is 0 Å². The highest BCUT2D eigenvalue weighted by Crippen LogP contribution is 2.24. The normalized spacial score (nSPS) is 11.0. The SMILES string of the molecule is CCn1c(SCC(=O)NCC(C)C)nnc1-c1ccc(Cl)cc1. The number of nitrogens with zero attached hydrogens (tertiary/aromatic N) is 3. The molecule has 0 radical (unpaired) electrons. The molecule has 0 aliphatic heterocycles. The van der Waals surface area contributed by atoms with Crippen molar-refractivity contribution in [3.63, 3.8) is 0 Å². The van der Waals surface area contributed by atoms with Gasteiger partial charge >= 0.3 is 0 Å². The number of nitrogens with one attached hydrogen (secondary N) is 1. The van der Waals surface area contributed by atoms with E-state index in [0.29, 0.717) is 23.2 Å². The van der Waals surface area contributed by atoms with Crippen molar-refractivity contribution in [2.75, 3.05) is 12.3 Å². The molecule has 1 amide bonds. The van der Waals surface area contributed by atoms with Gasteiger partial charge in [-0.15, -0.1) is 10.2 Å². The van der Waals surface area contributed by atoms with Gasteiger partial charge in [0.05, 0.1) is 5.75 Å². The van der Waals surface area contributed by atoms with E-state index in [9.17, 15) is 4.79 Å². The van der Waals surface area contributed by atoms with E-state index in [4.69, 9.17) is 11.6 Å². The minimum atomic E-state index is 0.0161. The molecule has 0 aliphatic carbocycles. The largest absolute Gasteiger partial charge is 0.355 e. The lowest BCUT2D eigenvalue weighted by Gasteiger charge is -2.09. The van der Waals surface area contributed by atoms with E-state index in [-0.39, 0.29) is 5.91 Å². The maximum Gasteiger partial charge on any atom is 0.230 e. The standard InChI is InChI=1S/C16H21ClN4OS/c1-4-21-15(12-5-7-13(17)8-6-12)19-20-16(21)23-10-14(22)18-9-11(2)3/h5-8,11H,4,9-10H2,1-3H3,(H,18,22).